The van der Waals surface area contributed by atoms with E-state index in [9.17, 15) is 19.2 Å². The molecule has 4 heterocycles. The summed E-state index contributed by atoms with van der Waals surface area (Å²) in [7, 11) is 1.55. The van der Waals surface area contributed by atoms with Crippen LogP contribution in [-0.4, -0.2) is 78.9 Å². The van der Waals surface area contributed by atoms with Crippen molar-refractivity contribution in [1.29, 1.82) is 0 Å². The van der Waals surface area contributed by atoms with Crippen molar-refractivity contribution in [2.24, 2.45) is 5.92 Å². The molecular formula is C33H34N4O7. The van der Waals surface area contributed by atoms with Crippen molar-refractivity contribution in [1.82, 2.24) is 20.1 Å². The van der Waals surface area contributed by atoms with E-state index in [1.165, 1.54) is 12.1 Å². The number of nitrogens with zero attached hydrogens (tertiary/aromatic N) is 2. The summed E-state index contributed by atoms with van der Waals surface area (Å²) in [5.41, 5.74) is 1.92. The van der Waals surface area contributed by atoms with Gasteiger partial charge in [0, 0.05) is 49.1 Å². The highest BCUT2D eigenvalue weighted by Gasteiger charge is 2.41. The normalized spacial score (nSPS) is 19.1. The molecule has 2 aromatic heterocycles. The van der Waals surface area contributed by atoms with Crippen molar-refractivity contribution in [2.45, 2.75) is 19.3 Å². The van der Waals surface area contributed by atoms with Crippen LogP contribution >= 0.6 is 0 Å². The first-order valence-electron chi connectivity index (χ1n) is 14.7. The van der Waals surface area contributed by atoms with E-state index in [4.69, 9.17) is 13.9 Å². The number of hydrogen-bond donors (Lipinski definition) is 2. The number of amides is 3. The van der Waals surface area contributed by atoms with Gasteiger partial charge < -0.3 is 34.0 Å². The maximum absolute atomic E-state index is 13.7. The molecule has 2 aromatic carbocycles. The van der Waals surface area contributed by atoms with Crippen LogP contribution in [0.4, 0.5) is 0 Å². The van der Waals surface area contributed by atoms with Crippen LogP contribution < -0.4 is 20.3 Å². The zero-order valence-electron chi connectivity index (χ0n) is 24.6. The van der Waals surface area contributed by atoms with Crippen molar-refractivity contribution < 1.29 is 28.3 Å². The minimum Gasteiger partial charge on any atom is -0.493 e. The summed E-state index contributed by atoms with van der Waals surface area (Å²) in [5.74, 6) is 0.367. The highest BCUT2D eigenvalue weighted by atomic mass is 16.5. The first-order chi connectivity index (χ1) is 21.3. The van der Waals surface area contributed by atoms with Gasteiger partial charge in [-0.25, -0.2) is 0 Å². The number of rotatable bonds is 3. The van der Waals surface area contributed by atoms with Gasteiger partial charge in [0.2, 0.25) is 11.5 Å². The van der Waals surface area contributed by atoms with Gasteiger partial charge in [-0.1, -0.05) is 12.1 Å². The Morgan fingerprint density at radius 2 is 1.77 bits per heavy atom. The lowest BCUT2D eigenvalue weighted by atomic mass is 9.88. The molecule has 0 spiro atoms. The molecule has 3 amide bonds. The number of carbonyl (C=O) groups is 3. The highest BCUT2D eigenvalue weighted by Crippen LogP contribution is 2.38. The lowest BCUT2D eigenvalue weighted by Gasteiger charge is -2.25. The molecule has 0 radical (unpaired) electrons. The topological polar surface area (TPSA) is 134 Å². The lowest BCUT2D eigenvalue weighted by molar-refractivity contribution is -0.124. The predicted octanol–water partition coefficient (Wildman–Crippen LogP) is 3.34. The van der Waals surface area contributed by atoms with E-state index >= 15 is 0 Å². The monoisotopic (exact) mass is 598 g/mol. The number of H-pyrrole nitrogens is 1. The Balaban J connectivity index is 1.26. The van der Waals surface area contributed by atoms with Gasteiger partial charge in [0.25, 0.3) is 11.8 Å². The molecular weight excluding hydrogens is 564 g/mol. The summed E-state index contributed by atoms with van der Waals surface area (Å²) in [6.07, 6.45) is 0.493. The maximum Gasteiger partial charge on any atom is 0.270 e. The first kappa shape index (κ1) is 29.0. The molecule has 0 saturated carbocycles. The zero-order valence-corrected chi connectivity index (χ0v) is 24.6. The van der Waals surface area contributed by atoms with Gasteiger partial charge in [-0.15, -0.1) is 0 Å². The second kappa shape index (κ2) is 12.3. The summed E-state index contributed by atoms with van der Waals surface area (Å²) >= 11 is 0. The largest absolute Gasteiger partial charge is 0.493 e. The van der Waals surface area contributed by atoms with Crippen molar-refractivity contribution >= 4 is 28.7 Å². The molecule has 11 heteroatoms. The molecule has 0 unspecified atom stereocenters. The van der Waals surface area contributed by atoms with Gasteiger partial charge in [-0.2, -0.15) is 0 Å². The van der Waals surface area contributed by atoms with E-state index < -0.39 is 5.92 Å². The Kier molecular flexibility index (Phi) is 8.10. The van der Waals surface area contributed by atoms with Gasteiger partial charge in [0.15, 0.2) is 11.5 Å². The number of aryl methyl sites for hydroxylation is 1. The third kappa shape index (κ3) is 5.90. The standard InChI is InChI=1S/C33H34N4O7/c1-20-15-23-16-22(8-9-27(23)44-20)32(40)37-18-24-21-7-10-28(42-2)29(17-21)43-14-13-36(12-4-11-34-31(39)25(24)19-37)33(41)26-5-3-6-30(38)35-26/h3,5-10,15-17,24-25H,4,11-14,18-19H2,1-2H3,(H,34,39)(H,35,38)/t24-,25+/m1/s1. The lowest BCUT2D eigenvalue weighted by Crippen LogP contribution is -2.40. The second-order valence-corrected chi connectivity index (χ2v) is 11.2. The number of aromatic nitrogens is 1. The average Bonchev–Trinajstić information content (AvgIpc) is 3.64. The van der Waals surface area contributed by atoms with Crippen LogP contribution in [0.15, 0.2) is 69.9 Å². The van der Waals surface area contributed by atoms with Gasteiger partial charge in [-0.3, -0.25) is 19.2 Å². The average molecular weight is 599 g/mol. The van der Waals surface area contributed by atoms with Gasteiger partial charge in [-0.05, 0) is 61.4 Å². The number of hydrogen-bond acceptors (Lipinski definition) is 7. The van der Waals surface area contributed by atoms with Crippen LogP contribution in [-0.2, 0) is 4.79 Å². The number of methoxy groups -OCH3 is 1. The number of furan rings is 1. The summed E-state index contributed by atoms with van der Waals surface area (Å²) in [5, 5.41) is 3.89. The Bertz CT molecular complexity index is 1780. The van der Waals surface area contributed by atoms with Crippen molar-refractivity contribution in [2.75, 3.05) is 46.4 Å². The third-order valence-electron chi connectivity index (χ3n) is 8.25. The minimum absolute atomic E-state index is 0.151. The van der Waals surface area contributed by atoms with Crippen molar-refractivity contribution in [3.63, 3.8) is 0 Å². The molecule has 44 heavy (non-hydrogen) atoms. The van der Waals surface area contributed by atoms with Crippen molar-refractivity contribution in [3.8, 4) is 11.5 Å². The van der Waals surface area contributed by atoms with Gasteiger partial charge in [0.1, 0.15) is 23.6 Å². The first-order valence-corrected chi connectivity index (χ1v) is 14.7. The van der Waals surface area contributed by atoms with E-state index in [1.807, 2.05) is 31.2 Å². The van der Waals surface area contributed by atoms with Crippen molar-refractivity contribution in [3.05, 3.63) is 93.6 Å². The molecule has 2 aliphatic rings. The highest BCUT2D eigenvalue weighted by molar-refractivity contribution is 5.98. The van der Waals surface area contributed by atoms with Gasteiger partial charge in [0.05, 0.1) is 19.6 Å². The predicted molar refractivity (Wildman–Crippen MR) is 162 cm³/mol. The molecule has 1 saturated heterocycles. The van der Waals surface area contributed by atoms with E-state index in [1.54, 1.807) is 41.2 Å². The molecule has 228 valence electrons. The summed E-state index contributed by atoms with van der Waals surface area (Å²) < 4.78 is 17.3. The van der Waals surface area contributed by atoms with E-state index in [0.717, 1.165) is 22.3 Å². The number of aromatic amines is 1. The fourth-order valence-corrected chi connectivity index (χ4v) is 6.04. The Labute approximate surface area is 253 Å². The smallest absolute Gasteiger partial charge is 0.270 e. The van der Waals surface area contributed by atoms with E-state index in [0.29, 0.717) is 43.1 Å². The SMILES string of the molecule is COc1ccc2cc1OCCN(C(=O)c1cccc(=O)[nH]1)CCCNC(=O)[C@H]1CN(C(=O)c3ccc4oc(C)cc4c3)C[C@H]21. The molecule has 6 rings (SSSR count). The molecule has 1 fully saturated rings. The number of benzene rings is 2. The number of ether oxygens (including phenoxy) is 2. The quantitative estimate of drug-likeness (QED) is 0.370. The molecule has 2 aliphatic heterocycles. The molecule has 2 N–H and O–H groups in total. The number of likely N-dealkylation sites (tertiary alicyclic amines) is 1. The zero-order chi connectivity index (χ0) is 30.8. The molecule has 0 aliphatic carbocycles. The van der Waals surface area contributed by atoms with Crippen LogP contribution in [0.2, 0.25) is 0 Å². The molecule has 2 atom stereocenters. The number of fused-ring (bicyclic) bond motifs is 5. The summed E-state index contributed by atoms with van der Waals surface area (Å²) in [6, 6.07) is 17.3. The summed E-state index contributed by atoms with van der Waals surface area (Å²) in [4.78, 5) is 58.2. The maximum atomic E-state index is 13.7. The fraction of sp³-hybridized carbons (Fsp3) is 0.333. The summed E-state index contributed by atoms with van der Waals surface area (Å²) in [6.45, 7) is 3.61. The van der Waals surface area contributed by atoms with E-state index in [2.05, 4.69) is 10.3 Å². The van der Waals surface area contributed by atoms with Gasteiger partial charge >= 0.3 is 0 Å². The minimum atomic E-state index is -0.491. The van der Waals surface area contributed by atoms with Crippen LogP contribution in [0.3, 0.4) is 0 Å². The fourth-order valence-electron chi connectivity index (χ4n) is 6.04. The number of nitrogens with one attached hydrogen (secondary N) is 2. The van der Waals surface area contributed by atoms with E-state index in [-0.39, 0.29) is 54.6 Å². The molecule has 2 bridgehead atoms. The molecule has 4 aromatic rings. The van der Waals surface area contributed by atoms with Crippen LogP contribution in [0.5, 0.6) is 11.5 Å². The number of pyridine rings is 1. The number of carbonyl (C=O) groups excluding carboxylic acids is 3. The second-order valence-electron chi connectivity index (χ2n) is 11.2. The third-order valence-corrected chi connectivity index (χ3v) is 8.25. The Morgan fingerprint density at radius 1 is 0.932 bits per heavy atom. The van der Waals surface area contributed by atoms with Crippen LogP contribution in [0.1, 0.15) is 44.5 Å². The molecule has 11 nitrogen and oxygen atoms in total. The van der Waals surface area contributed by atoms with Crippen LogP contribution in [0.25, 0.3) is 11.0 Å². The van der Waals surface area contributed by atoms with Crippen LogP contribution in [0, 0.1) is 12.8 Å². The Morgan fingerprint density at radius 3 is 2.59 bits per heavy atom. The Hall–Kier alpha value is -5.06.